The topological polar surface area (TPSA) is 20.2 Å². The second kappa shape index (κ2) is 4.45. The SMILES string of the molecule is CC(C)CCC1(O)CC(C)CC(C)(C)C1. The van der Waals surface area contributed by atoms with E-state index < -0.39 is 0 Å². The Kier molecular flexibility index (Phi) is 3.86. The number of rotatable bonds is 3. The van der Waals surface area contributed by atoms with Crippen LogP contribution in [0.1, 0.15) is 66.7 Å². The fourth-order valence-corrected chi connectivity index (χ4v) is 3.45. The van der Waals surface area contributed by atoms with Gasteiger partial charge in [0.15, 0.2) is 0 Å². The lowest BCUT2D eigenvalue weighted by molar-refractivity contribution is -0.0664. The predicted octanol–water partition coefficient (Wildman–Crippen LogP) is 4.00. The highest BCUT2D eigenvalue weighted by molar-refractivity contribution is 4.93. The molecule has 0 amide bonds. The normalized spacial score (nSPS) is 35.8. The summed E-state index contributed by atoms with van der Waals surface area (Å²) in [5.74, 6) is 1.38. The summed E-state index contributed by atoms with van der Waals surface area (Å²) in [6, 6.07) is 0. The molecule has 0 spiro atoms. The number of hydrogen-bond donors (Lipinski definition) is 1. The molecule has 90 valence electrons. The zero-order valence-corrected chi connectivity index (χ0v) is 11.1. The molecule has 1 saturated carbocycles. The molecule has 0 bridgehead atoms. The molecule has 0 radical (unpaired) electrons. The number of aliphatic hydroxyl groups is 1. The summed E-state index contributed by atoms with van der Waals surface area (Å²) in [7, 11) is 0. The molecule has 2 unspecified atom stereocenters. The highest BCUT2D eigenvalue weighted by Gasteiger charge is 2.40. The summed E-state index contributed by atoms with van der Waals surface area (Å²) in [5, 5.41) is 10.6. The van der Waals surface area contributed by atoms with E-state index in [1.54, 1.807) is 0 Å². The lowest BCUT2D eigenvalue weighted by Gasteiger charge is -2.45. The smallest absolute Gasteiger partial charge is 0.0655 e. The lowest BCUT2D eigenvalue weighted by Crippen LogP contribution is -2.42. The van der Waals surface area contributed by atoms with E-state index in [1.165, 1.54) is 6.42 Å². The van der Waals surface area contributed by atoms with Crippen LogP contribution in [-0.4, -0.2) is 10.7 Å². The van der Waals surface area contributed by atoms with Crippen LogP contribution in [0, 0.1) is 17.3 Å². The van der Waals surface area contributed by atoms with Crippen LogP contribution >= 0.6 is 0 Å². The molecule has 1 rings (SSSR count). The molecule has 1 nitrogen and oxygen atoms in total. The second-order valence-corrected chi connectivity index (χ2v) is 7.01. The van der Waals surface area contributed by atoms with Crippen LogP contribution < -0.4 is 0 Å². The van der Waals surface area contributed by atoms with Crippen molar-refractivity contribution in [3.8, 4) is 0 Å². The molecule has 0 aromatic heterocycles. The minimum absolute atomic E-state index is 0.323. The monoisotopic (exact) mass is 212 g/mol. The molecule has 15 heavy (non-hydrogen) atoms. The number of hydrogen-bond acceptors (Lipinski definition) is 1. The highest BCUT2D eigenvalue weighted by atomic mass is 16.3. The van der Waals surface area contributed by atoms with Gasteiger partial charge in [0.25, 0.3) is 0 Å². The molecule has 0 aliphatic heterocycles. The maximum atomic E-state index is 10.6. The molecule has 1 aliphatic rings. The van der Waals surface area contributed by atoms with Crippen molar-refractivity contribution >= 4 is 0 Å². The standard InChI is InChI=1S/C14H28O/c1-11(2)6-7-14(15)9-12(3)8-13(4,5)10-14/h11-12,15H,6-10H2,1-5H3. The van der Waals surface area contributed by atoms with Gasteiger partial charge >= 0.3 is 0 Å². The summed E-state index contributed by atoms with van der Waals surface area (Å²) in [5.41, 5.74) is -0.0607. The van der Waals surface area contributed by atoms with Crippen molar-refractivity contribution in [3.63, 3.8) is 0 Å². The van der Waals surface area contributed by atoms with Crippen LogP contribution in [0.2, 0.25) is 0 Å². The first-order valence-corrected chi connectivity index (χ1v) is 6.45. The molecule has 0 aromatic rings. The fraction of sp³-hybridized carbons (Fsp3) is 1.00. The average Bonchev–Trinajstić information content (AvgIpc) is 1.96. The highest BCUT2D eigenvalue weighted by Crippen LogP contribution is 2.45. The molecule has 0 saturated heterocycles. The Morgan fingerprint density at radius 2 is 1.87 bits per heavy atom. The van der Waals surface area contributed by atoms with Crippen LogP contribution in [-0.2, 0) is 0 Å². The van der Waals surface area contributed by atoms with Crippen molar-refractivity contribution in [1.82, 2.24) is 0 Å². The van der Waals surface area contributed by atoms with E-state index in [9.17, 15) is 5.11 Å². The van der Waals surface area contributed by atoms with E-state index in [-0.39, 0.29) is 5.60 Å². The van der Waals surface area contributed by atoms with Gasteiger partial charge < -0.3 is 5.11 Å². The summed E-state index contributed by atoms with van der Waals surface area (Å²) < 4.78 is 0. The van der Waals surface area contributed by atoms with Gasteiger partial charge in [-0.1, -0.05) is 34.6 Å². The maximum Gasteiger partial charge on any atom is 0.0655 e. The van der Waals surface area contributed by atoms with Crippen molar-refractivity contribution in [2.45, 2.75) is 72.3 Å². The average molecular weight is 212 g/mol. The molecule has 1 heteroatoms. The van der Waals surface area contributed by atoms with E-state index in [4.69, 9.17) is 0 Å². The molecule has 1 fully saturated rings. The third-order valence-electron chi connectivity index (χ3n) is 3.62. The second-order valence-electron chi connectivity index (χ2n) is 7.01. The molecule has 0 heterocycles. The Morgan fingerprint density at radius 1 is 1.27 bits per heavy atom. The quantitative estimate of drug-likeness (QED) is 0.749. The first-order valence-electron chi connectivity index (χ1n) is 6.45. The Bertz CT molecular complexity index is 207. The van der Waals surface area contributed by atoms with Crippen LogP contribution in [0.5, 0.6) is 0 Å². The molecular weight excluding hydrogens is 184 g/mol. The van der Waals surface area contributed by atoms with Gasteiger partial charge in [0, 0.05) is 0 Å². The first kappa shape index (κ1) is 13.0. The van der Waals surface area contributed by atoms with Crippen molar-refractivity contribution in [1.29, 1.82) is 0 Å². The van der Waals surface area contributed by atoms with Crippen LogP contribution in [0.4, 0.5) is 0 Å². The summed E-state index contributed by atoms with van der Waals surface area (Å²) in [4.78, 5) is 0. The van der Waals surface area contributed by atoms with Gasteiger partial charge in [0.05, 0.1) is 5.60 Å². The summed E-state index contributed by atoms with van der Waals surface area (Å²) in [6.45, 7) is 11.3. The van der Waals surface area contributed by atoms with E-state index in [0.717, 1.165) is 25.7 Å². The zero-order chi connectivity index (χ0) is 11.7. The summed E-state index contributed by atoms with van der Waals surface area (Å²) >= 11 is 0. The third kappa shape index (κ3) is 4.14. The first-order chi connectivity index (χ1) is 6.72. The van der Waals surface area contributed by atoms with Crippen molar-refractivity contribution < 1.29 is 5.11 Å². The minimum atomic E-state index is -0.383. The third-order valence-corrected chi connectivity index (χ3v) is 3.62. The van der Waals surface area contributed by atoms with Gasteiger partial charge in [-0.05, 0) is 49.4 Å². The minimum Gasteiger partial charge on any atom is -0.390 e. The Labute approximate surface area is 95.3 Å². The molecule has 2 atom stereocenters. The van der Waals surface area contributed by atoms with Crippen LogP contribution in [0.25, 0.3) is 0 Å². The van der Waals surface area contributed by atoms with E-state index >= 15 is 0 Å². The maximum absolute atomic E-state index is 10.6. The molecule has 1 N–H and O–H groups in total. The van der Waals surface area contributed by atoms with Crippen molar-refractivity contribution in [3.05, 3.63) is 0 Å². The molecule has 1 aliphatic carbocycles. The molecular formula is C14H28O. The van der Waals surface area contributed by atoms with Crippen molar-refractivity contribution in [2.75, 3.05) is 0 Å². The zero-order valence-electron chi connectivity index (χ0n) is 11.1. The van der Waals surface area contributed by atoms with Gasteiger partial charge in [0.1, 0.15) is 0 Å². The molecule has 0 aromatic carbocycles. The van der Waals surface area contributed by atoms with E-state index in [1.807, 2.05) is 0 Å². The van der Waals surface area contributed by atoms with Crippen LogP contribution in [0.15, 0.2) is 0 Å². The van der Waals surface area contributed by atoms with Gasteiger partial charge in [-0.3, -0.25) is 0 Å². The van der Waals surface area contributed by atoms with E-state index in [2.05, 4.69) is 34.6 Å². The Balaban J connectivity index is 2.58. The Hall–Kier alpha value is -0.0400. The lowest BCUT2D eigenvalue weighted by atomic mass is 9.64. The van der Waals surface area contributed by atoms with Gasteiger partial charge in [-0.2, -0.15) is 0 Å². The van der Waals surface area contributed by atoms with Gasteiger partial charge in [-0.25, -0.2) is 0 Å². The van der Waals surface area contributed by atoms with Crippen LogP contribution in [0.3, 0.4) is 0 Å². The largest absolute Gasteiger partial charge is 0.390 e. The summed E-state index contributed by atoms with van der Waals surface area (Å²) in [6.07, 6.45) is 5.38. The Morgan fingerprint density at radius 3 is 2.33 bits per heavy atom. The van der Waals surface area contributed by atoms with Gasteiger partial charge in [-0.15, -0.1) is 0 Å². The fourth-order valence-electron chi connectivity index (χ4n) is 3.45. The van der Waals surface area contributed by atoms with E-state index in [0.29, 0.717) is 17.3 Å². The van der Waals surface area contributed by atoms with Gasteiger partial charge in [0.2, 0.25) is 0 Å². The van der Waals surface area contributed by atoms with Crippen molar-refractivity contribution in [2.24, 2.45) is 17.3 Å². The predicted molar refractivity (Wildman–Crippen MR) is 65.8 cm³/mol.